The fourth-order valence-electron chi connectivity index (χ4n) is 4.22. The number of nitrogens with two attached hydrogens (primary N) is 1. The van der Waals surface area contributed by atoms with Gasteiger partial charge in [0.05, 0.1) is 6.04 Å². The van der Waals surface area contributed by atoms with E-state index in [1.807, 2.05) is 24.3 Å². The van der Waals surface area contributed by atoms with E-state index < -0.39 is 72.6 Å². The highest BCUT2D eigenvalue weighted by atomic mass is 16.4. The lowest BCUT2D eigenvalue weighted by Crippen LogP contribution is -2.57. The van der Waals surface area contributed by atoms with Gasteiger partial charge in [-0.3, -0.25) is 24.0 Å². The first kappa shape index (κ1) is 32.8. The van der Waals surface area contributed by atoms with Crippen LogP contribution in [0.1, 0.15) is 51.5 Å². The number of benzene rings is 1. The van der Waals surface area contributed by atoms with Gasteiger partial charge in [0.1, 0.15) is 18.1 Å². The van der Waals surface area contributed by atoms with Crippen molar-refractivity contribution in [1.29, 1.82) is 0 Å². The summed E-state index contributed by atoms with van der Waals surface area (Å²) in [5.74, 6) is -6.43. The molecule has 0 aliphatic rings. The predicted molar refractivity (Wildman–Crippen MR) is 147 cm³/mol. The minimum Gasteiger partial charge on any atom is -0.481 e. The standard InChI is InChI=1S/C27H37N5O9/c1-14(2)11-21(26(39)31-20(27(40)41)8-10-23(35)36)32-25(38)19(7-9-22(33)34)30-24(37)17(28)12-15-13-29-18-6-4-3-5-16(15)18/h3-6,13-14,17,19-21,29H,7-12,28H2,1-2H3,(H,30,37)(H,31,39)(H,32,38)(H,33,34)(H,35,36)(H,40,41). The summed E-state index contributed by atoms with van der Waals surface area (Å²) in [6.45, 7) is 3.53. The summed E-state index contributed by atoms with van der Waals surface area (Å²) >= 11 is 0. The van der Waals surface area contributed by atoms with Crippen LogP contribution in [-0.2, 0) is 35.2 Å². The number of carbonyl (C=O) groups is 6. The van der Waals surface area contributed by atoms with Gasteiger partial charge in [0.15, 0.2) is 0 Å². The van der Waals surface area contributed by atoms with Gasteiger partial charge in [0.25, 0.3) is 0 Å². The lowest BCUT2D eigenvalue weighted by Gasteiger charge is -2.26. The van der Waals surface area contributed by atoms with Crippen molar-refractivity contribution in [2.75, 3.05) is 0 Å². The highest BCUT2D eigenvalue weighted by molar-refractivity contribution is 5.94. The van der Waals surface area contributed by atoms with Gasteiger partial charge in [0, 0.05) is 29.9 Å². The van der Waals surface area contributed by atoms with Crippen LogP contribution in [0.4, 0.5) is 0 Å². The summed E-state index contributed by atoms with van der Waals surface area (Å²) in [7, 11) is 0. The van der Waals surface area contributed by atoms with Crippen LogP contribution < -0.4 is 21.7 Å². The average molecular weight is 576 g/mol. The van der Waals surface area contributed by atoms with Crippen molar-refractivity contribution in [3.05, 3.63) is 36.0 Å². The molecule has 2 aromatic rings. The Morgan fingerprint density at radius 2 is 1.34 bits per heavy atom. The van der Waals surface area contributed by atoms with Crippen molar-refractivity contribution in [3.8, 4) is 0 Å². The molecule has 9 N–H and O–H groups in total. The number of aromatic nitrogens is 1. The molecule has 0 spiro atoms. The molecule has 224 valence electrons. The van der Waals surface area contributed by atoms with Gasteiger partial charge in [-0.25, -0.2) is 4.79 Å². The molecule has 4 atom stereocenters. The van der Waals surface area contributed by atoms with Crippen LogP contribution in [0.15, 0.2) is 30.5 Å². The van der Waals surface area contributed by atoms with Crippen molar-refractivity contribution in [2.24, 2.45) is 11.7 Å². The summed E-state index contributed by atoms with van der Waals surface area (Å²) in [5, 5.41) is 35.5. The van der Waals surface area contributed by atoms with Crippen molar-refractivity contribution < 1.29 is 44.1 Å². The highest BCUT2D eigenvalue weighted by Crippen LogP contribution is 2.19. The molecule has 0 radical (unpaired) electrons. The van der Waals surface area contributed by atoms with E-state index in [1.54, 1.807) is 20.0 Å². The minimum absolute atomic E-state index is 0.0858. The van der Waals surface area contributed by atoms with E-state index in [0.29, 0.717) is 0 Å². The van der Waals surface area contributed by atoms with Crippen LogP contribution in [0.2, 0.25) is 0 Å². The number of hydrogen-bond acceptors (Lipinski definition) is 7. The van der Waals surface area contributed by atoms with Crippen molar-refractivity contribution in [2.45, 2.75) is 76.5 Å². The van der Waals surface area contributed by atoms with E-state index in [2.05, 4.69) is 20.9 Å². The Balaban J connectivity index is 2.15. The normalized spacial score (nSPS) is 14.0. The Morgan fingerprint density at radius 1 is 0.805 bits per heavy atom. The van der Waals surface area contributed by atoms with E-state index in [-0.39, 0.29) is 31.6 Å². The molecule has 3 amide bonds. The number of carbonyl (C=O) groups excluding carboxylic acids is 3. The van der Waals surface area contributed by atoms with Crippen molar-refractivity contribution in [3.63, 3.8) is 0 Å². The summed E-state index contributed by atoms with van der Waals surface area (Å²) in [5.41, 5.74) is 7.75. The number of carboxylic acids is 3. The largest absolute Gasteiger partial charge is 0.481 e. The molecule has 0 aliphatic carbocycles. The Labute approximate surface area is 236 Å². The average Bonchev–Trinajstić information content (AvgIpc) is 3.30. The molecule has 4 unspecified atom stereocenters. The number of rotatable bonds is 17. The summed E-state index contributed by atoms with van der Waals surface area (Å²) < 4.78 is 0. The van der Waals surface area contributed by atoms with Gasteiger partial charge in [-0.2, -0.15) is 0 Å². The lowest BCUT2D eigenvalue weighted by atomic mass is 10.0. The molecule has 14 heteroatoms. The zero-order valence-electron chi connectivity index (χ0n) is 22.9. The van der Waals surface area contributed by atoms with Crippen LogP contribution in [-0.4, -0.2) is 80.1 Å². The maximum atomic E-state index is 13.2. The Morgan fingerprint density at radius 3 is 1.93 bits per heavy atom. The summed E-state index contributed by atoms with van der Waals surface area (Å²) in [4.78, 5) is 75.8. The zero-order chi connectivity index (χ0) is 30.7. The molecular weight excluding hydrogens is 538 g/mol. The quantitative estimate of drug-likeness (QED) is 0.129. The van der Waals surface area contributed by atoms with Crippen LogP contribution >= 0.6 is 0 Å². The molecule has 1 aromatic heterocycles. The van der Waals surface area contributed by atoms with Crippen LogP contribution in [0.3, 0.4) is 0 Å². The van der Waals surface area contributed by atoms with E-state index in [9.17, 15) is 33.9 Å². The highest BCUT2D eigenvalue weighted by Gasteiger charge is 2.31. The van der Waals surface area contributed by atoms with Crippen molar-refractivity contribution >= 4 is 46.5 Å². The molecule has 0 saturated heterocycles. The van der Waals surface area contributed by atoms with E-state index in [4.69, 9.17) is 15.9 Å². The Hall–Kier alpha value is -4.46. The van der Waals surface area contributed by atoms with E-state index >= 15 is 0 Å². The number of para-hydroxylation sites is 1. The maximum Gasteiger partial charge on any atom is 0.326 e. The number of amides is 3. The molecule has 0 fully saturated rings. The third-order valence-electron chi connectivity index (χ3n) is 6.33. The van der Waals surface area contributed by atoms with Crippen LogP contribution in [0.5, 0.6) is 0 Å². The smallest absolute Gasteiger partial charge is 0.326 e. The molecule has 14 nitrogen and oxygen atoms in total. The van der Waals surface area contributed by atoms with Gasteiger partial charge in [-0.1, -0.05) is 32.0 Å². The monoisotopic (exact) mass is 575 g/mol. The molecule has 1 aromatic carbocycles. The summed E-state index contributed by atoms with van der Waals surface area (Å²) in [6.07, 6.45) is 0.316. The topological polar surface area (TPSA) is 241 Å². The van der Waals surface area contributed by atoms with Gasteiger partial charge in [-0.05, 0) is 43.2 Å². The van der Waals surface area contributed by atoms with Gasteiger partial charge < -0.3 is 42.0 Å². The molecule has 41 heavy (non-hydrogen) atoms. The van der Waals surface area contributed by atoms with Crippen molar-refractivity contribution in [1.82, 2.24) is 20.9 Å². The maximum absolute atomic E-state index is 13.2. The molecule has 1 heterocycles. The SMILES string of the molecule is CC(C)CC(NC(=O)C(CCC(=O)O)NC(=O)C(N)Cc1c[nH]c2ccccc12)C(=O)NC(CCC(=O)O)C(=O)O. The first-order valence-electron chi connectivity index (χ1n) is 13.2. The van der Waals surface area contributed by atoms with Crippen LogP contribution in [0.25, 0.3) is 10.9 Å². The molecule has 0 bridgehead atoms. The summed E-state index contributed by atoms with van der Waals surface area (Å²) in [6, 6.07) is 2.26. The molecule has 0 aliphatic heterocycles. The second kappa shape index (κ2) is 15.4. The van der Waals surface area contributed by atoms with Crippen LogP contribution in [0, 0.1) is 5.92 Å². The van der Waals surface area contributed by atoms with E-state index in [1.165, 1.54) is 0 Å². The Bertz CT molecular complexity index is 1260. The number of carboxylic acid groups (broad SMARTS) is 3. The molecule has 2 rings (SSSR count). The number of hydrogen-bond donors (Lipinski definition) is 8. The third-order valence-corrected chi connectivity index (χ3v) is 6.33. The second-order valence-corrected chi connectivity index (χ2v) is 10.2. The van der Waals surface area contributed by atoms with Gasteiger partial charge in [-0.15, -0.1) is 0 Å². The first-order chi connectivity index (χ1) is 19.3. The zero-order valence-corrected chi connectivity index (χ0v) is 22.9. The first-order valence-corrected chi connectivity index (χ1v) is 13.2. The third kappa shape index (κ3) is 10.6. The minimum atomic E-state index is -1.50. The lowest BCUT2D eigenvalue weighted by molar-refractivity contribution is -0.143. The Kier molecular flexibility index (Phi) is 12.3. The number of aromatic amines is 1. The number of aliphatic carboxylic acids is 3. The molecule has 0 saturated carbocycles. The number of H-pyrrole nitrogens is 1. The number of fused-ring (bicyclic) bond motifs is 1. The van der Waals surface area contributed by atoms with E-state index in [0.717, 1.165) is 16.5 Å². The van der Waals surface area contributed by atoms with Gasteiger partial charge in [0.2, 0.25) is 17.7 Å². The fourth-order valence-corrected chi connectivity index (χ4v) is 4.22. The fraction of sp³-hybridized carbons (Fsp3) is 0.481. The molecular formula is C27H37N5O9. The number of nitrogens with one attached hydrogen (secondary N) is 4. The van der Waals surface area contributed by atoms with Gasteiger partial charge >= 0.3 is 17.9 Å². The predicted octanol–water partition coefficient (Wildman–Crippen LogP) is 0.352. The second-order valence-electron chi connectivity index (χ2n) is 10.2.